The molecule has 23 heavy (non-hydrogen) atoms. The first-order valence-electron chi connectivity index (χ1n) is 7.75. The van der Waals surface area contributed by atoms with Crippen molar-refractivity contribution >= 4 is 28.8 Å². The van der Waals surface area contributed by atoms with E-state index in [0.29, 0.717) is 9.90 Å². The first kappa shape index (κ1) is 16.4. The van der Waals surface area contributed by atoms with E-state index in [1.807, 2.05) is 31.2 Å². The predicted octanol–water partition coefficient (Wildman–Crippen LogP) is 3.81. The maximum absolute atomic E-state index is 12.5. The molecule has 0 spiro atoms. The number of hydrogen-bond donors (Lipinski definition) is 2. The van der Waals surface area contributed by atoms with Gasteiger partial charge >= 0.3 is 0 Å². The van der Waals surface area contributed by atoms with Crippen LogP contribution in [-0.4, -0.2) is 28.1 Å². The van der Waals surface area contributed by atoms with Gasteiger partial charge in [0.15, 0.2) is 0 Å². The number of aromatic nitrogens is 1. The molecule has 0 aliphatic heterocycles. The molecule has 3 rings (SSSR count). The van der Waals surface area contributed by atoms with E-state index >= 15 is 0 Å². The zero-order valence-electron chi connectivity index (χ0n) is 12.9. The van der Waals surface area contributed by atoms with Gasteiger partial charge in [0, 0.05) is 16.6 Å². The standard InChI is InChI=1S/C17H19ClN2O2S/c1-10-15(16(22)20-13-5-7-14(21)8-6-13)23-17(19-10)11-3-2-4-12(18)9-11/h2-4,9,13-14,21H,5-8H2,1H3,(H,20,22). The molecule has 0 radical (unpaired) electrons. The molecule has 0 atom stereocenters. The van der Waals surface area contributed by atoms with Crippen LogP contribution in [0.15, 0.2) is 24.3 Å². The highest BCUT2D eigenvalue weighted by Gasteiger charge is 2.23. The Kier molecular flexibility index (Phi) is 4.99. The Morgan fingerprint density at radius 2 is 2.09 bits per heavy atom. The lowest BCUT2D eigenvalue weighted by Crippen LogP contribution is -2.38. The average Bonchev–Trinajstić information content (AvgIpc) is 2.92. The Morgan fingerprint density at radius 3 is 2.78 bits per heavy atom. The van der Waals surface area contributed by atoms with E-state index in [1.54, 1.807) is 0 Å². The number of amides is 1. The summed E-state index contributed by atoms with van der Waals surface area (Å²) in [5.74, 6) is -0.0744. The quantitative estimate of drug-likeness (QED) is 0.884. The van der Waals surface area contributed by atoms with E-state index in [0.717, 1.165) is 41.9 Å². The third-order valence-corrected chi connectivity index (χ3v) is 5.55. The number of aliphatic hydroxyl groups excluding tert-OH is 1. The van der Waals surface area contributed by atoms with E-state index in [-0.39, 0.29) is 18.1 Å². The van der Waals surface area contributed by atoms with Crippen LogP contribution >= 0.6 is 22.9 Å². The summed E-state index contributed by atoms with van der Waals surface area (Å²) in [7, 11) is 0. The molecule has 1 saturated carbocycles. The molecule has 4 nitrogen and oxygen atoms in total. The zero-order valence-corrected chi connectivity index (χ0v) is 14.5. The summed E-state index contributed by atoms with van der Waals surface area (Å²) in [4.78, 5) is 17.6. The highest BCUT2D eigenvalue weighted by molar-refractivity contribution is 7.17. The molecular weight excluding hydrogens is 332 g/mol. The summed E-state index contributed by atoms with van der Waals surface area (Å²) in [6.07, 6.45) is 2.93. The van der Waals surface area contributed by atoms with Gasteiger partial charge in [-0.25, -0.2) is 4.98 Å². The van der Waals surface area contributed by atoms with Gasteiger partial charge in [-0.3, -0.25) is 4.79 Å². The van der Waals surface area contributed by atoms with Crippen molar-refractivity contribution in [1.29, 1.82) is 0 Å². The number of nitrogens with one attached hydrogen (secondary N) is 1. The fraction of sp³-hybridized carbons (Fsp3) is 0.412. The molecule has 1 aromatic carbocycles. The summed E-state index contributed by atoms with van der Waals surface area (Å²) < 4.78 is 0. The molecule has 1 heterocycles. The summed E-state index contributed by atoms with van der Waals surface area (Å²) in [5.41, 5.74) is 1.66. The molecule has 0 saturated heterocycles. The minimum absolute atomic E-state index is 0.0744. The fourth-order valence-corrected chi connectivity index (χ4v) is 3.98. The van der Waals surface area contributed by atoms with Crippen molar-refractivity contribution in [1.82, 2.24) is 10.3 Å². The number of halogens is 1. The summed E-state index contributed by atoms with van der Waals surface area (Å²) in [5, 5.41) is 14.1. The van der Waals surface area contributed by atoms with Crippen LogP contribution in [0.3, 0.4) is 0 Å². The number of aryl methyl sites for hydroxylation is 1. The van der Waals surface area contributed by atoms with Gasteiger partial charge in [-0.05, 0) is 44.7 Å². The molecule has 1 fully saturated rings. The third kappa shape index (κ3) is 3.91. The van der Waals surface area contributed by atoms with Gasteiger partial charge in [0.2, 0.25) is 0 Å². The van der Waals surface area contributed by atoms with Crippen molar-refractivity contribution < 1.29 is 9.90 Å². The lowest BCUT2D eigenvalue weighted by Gasteiger charge is -2.25. The molecule has 1 aliphatic rings. The average molecular weight is 351 g/mol. The lowest BCUT2D eigenvalue weighted by atomic mass is 9.93. The number of thiazole rings is 1. The summed E-state index contributed by atoms with van der Waals surface area (Å²) >= 11 is 7.41. The largest absolute Gasteiger partial charge is 0.393 e. The summed E-state index contributed by atoms with van der Waals surface area (Å²) in [6.45, 7) is 1.85. The molecule has 2 aromatic rings. The Morgan fingerprint density at radius 1 is 1.35 bits per heavy atom. The van der Waals surface area contributed by atoms with Crippen LogP contribution in [-0.2, 0) is 0 Å². The number of rotatable bonds is 3. The monoisotopic (exact) mass is 350 g/mol. The minimum Gasteiger partial charge on any atom is -0.393 e. The maximum Gasteiger partial charge on any atom is 0.263 e. The normalized spacial score (nSPS) is 21.2. The van der Waals surface area contributed by atoms with Crippen molar-refractivity contribution in [2.24, 2.45) is 0 Å². The molecule has 2 N–H and O–H groups in total. The molecule has 6 heteroatoms. The summed E-state index contributed by atoms with van der Waals surface area (Å²) in [6, 6.07) is 7.62. The number of hydrogen-bond acceptors (Lipinski definition) is 4. The first-order chi connectivity index (χ1) is 11.0. The number of nitrogens with zero attached hydrogens (tertiary/aromatic N) is 1. The van der Waals surface area contributed by atoms with Crippen LogP contribution in [0.4, 0.5) is 0 Å². The predicted molar refractivity (Wildman–Crippen MR) is 93.0 cm³/mol. The van der Waals surface area contributed by atoms with Gasteiger partial charge in [0.05, 0.1) is 11.8 Å². The number of carbonyl (C=O) groups is 1. The lowest BCUT2D eigenvalue weighted by molar-refractivity contribution is 0.0870. The minimum atomic E-state index is -0.220. The second-order valence-corrected chi connectivity index (χ2v) is 7.36. The molecule has 0 unspecified atom stereocenters. The molecule has 0 bridgehead atoms. The van der Waals surface area contributed by atoms with Crippen molar-refractivity contribution in [2.75, 3.05) is 0 Å². The first-order valence-corrected chi connectivity index (χ1v) is 8.94. The van der Waals surface area contributed by atoms with Gasteiger partial charge in [0.1, 0.15) is 9.88 Å². The van der Waals surface area contributed by atoms with E-state index in [9.17, 15) is 9.90 Å². The number of aliphatic hydroxyl groups is 1. The van der Waals surface area contributed by atoms with Crippen molar-refractivity contribution in [3.63, 3.8) is 0 Å². The Labute approximate surface area is 144 Å². The van der Waals surface area contributed by atoms with Crippen molar-refractivity contribution in [2.45, 2.75) is 44.8 Å². The topological polar surface area (TPSA) is 62.2 Å². The Hall–Kier alpha value is -1.43. The molecule has 122 valence electrons. The Bertz CT molecular complexity index is 708. The highest BCUT2D eigenvalue weighted by Crippen LogP contribution is 2.30. The van der Waals surface area contributed by atoms with Gasteiger partial charge in [-0.15, -0.1) is 11.3 Å². The molecule has 1 aromatic heterocycles. The fourth-order valence-electron chi connectivity index (χ4n) is 2.82. The van der Waals surface area contributed by atoms with Gasteiger partial charge in [-0.1, -0.05) is 23.7 Å². The Balaban J connectivity index is 1.74. The highest BCUT2D eigenvalue weighted by atomic mass is 35.5. The van der Waals surface area contributed by atoms with Gasteiger partial charge in [-0.2, -0.15) is 0 Å². The van der Waals surface area contributed by atoms with Crippen LogP contribution in [0.1, 0.15) is 41.0 Å². The van der Waals surface area contributed by atoms with E-state index < -0.39 is 0 Å². The van der Waals surface area contributed by atoms with Crippen molar-refractivity contribution in [3.8, 4) is 10.6 Å². The second kappa shape index (κ2) is 6.99. The van der Waals surface area contributed by atoms with Crippen LogP contribution < -0.4 is 5.32 Å². The zero-order chi connectivity index (χ0) is 16.4. The van der Waals surface area contributed by atoms with Crippen LogP contribution in [0.5, 0.6) is 0 Å². The number of benzene rings is 1. The van der Waals surface area contributed by atoms with E-state index in [2.05, 4.69) is 10.3 Å². The molecule has 1 amide bonds. The smallest absolute Gasteiger partial charge is 0.263 e. The maximum atomic E-state index is 12.5. The van der Waals surface area contributed by atoms with Crippen LogP contribution in [0.2, 0.25) is 5.02 Å². The number of carbonyl (C=O) groups excluding carboxylic acids is 1. The molecular formula is C17H19ClN2O2S. The van der Waals surface area contributed by atoms with E-state index in [1.165, 1.54) is 11.3 Å². The molecule has 1 aliphatic carbocycles. The van der Waals surface area contributed by atoms with E-state index in [4.69, 9.17) is 11.6 Å². The van der Waals surface area contributed by atoms with Gasteiger partial charge in [0.25, 0.3) is 5.91 Å². The van der Waals surface area contributed by atoms with Gasteiger partial charge < -0.3 is 10.4 Å². The SMILES string of the molecule is Cc1nc(-c2cccc(Cl)c2)sc1C(=O)NC1CCC(O)CC1. The van der Waals surface area contributed by atoms with Crippen LogP contribution in [0, 0.1) is 6.92 Å². The van der Waals surface area contributed by atoms with Crippen LogP contribution in [0.25, 0.3) is 10.6 Å². The van der Waals surface area contributed by atoms with Crippen molar-refractivity contribution in [3.05, 3.63) is 39.9 Å². The second-order valence-electron chi connectivity index (χ2n) is 5.92. The third-order valence-electron chi connectivity index (χ3n) is 4.11.